The molecule has 54 valence electrons. The van der Waals surface area contributed by atoms with Crippen molar-refractivity contribution in [2.45, 2.75) is 0 Å². The molecule has 0 aliphatic rings. The largest absolute Gasteiger partial charge is 0.693 e. The number of hydrogen-bond donors (Lipinski definition) is 0. The predicted octanol–water partition coefficient (Wildman–Crippen LogP) is 4.24. The Labute approximate surface area is 59.5 Å². The summed E-state index contributed by atoms with van der Waals surface area (Å²) in [6, 6.07) is 0. The van der Waals surface area contributed by atoms with Crippen LogP contribution in [0, 0.1) is 0 Å². The van der Waals surface area contributed by atoms with Crippen molar-refractivity contribution >= 4 is 19.3 Å². The van der Waals surface area contributed by atoms with Crippen LogP contribution in [0.5, 0.6) is 0 Å². The van der Waals surface area contributed by atoms with Crippen molar-refractivity contribution in [3.8, 4) is 0 Å². The molecule has 7 heavy (non-hydrogen) atoms. The molecule has 0 fully saturated rings. The summed E-state index contributed by atoms with van der Waals surface area (Å²) in [5, 5.41) is 0. The topological polar surface area (TPSA) is 134 Å². The van der Waals surface area contributed by atoms with Gasteiger partial charge in [-0.3, -0.25) is 0 Å². The third kappa shape index (κ3) is 162. The summed E-state index contributed by atoms with van der Waals surface area (Å²) in [5.74, 6) is 0. The maximum Gasteiger partial charge on any atom is -0.693 e. The molecule has 0 radical (unpaired) electrons. The molecule has 0 bridgehead atoms. The molecule has 4 nitrogen and oxygen atoms in total. The van der Waals surface area contributed by atoms with Crippen LogP contribution in [-0.2, 0) is 15.4 Å². The first-order valence-electron chi connectivity index (χ1n) is 0.267. The minimum Gasteiger partial charge on any atom is -0.693 e. The van der Waals surface area contributed by atoms with E-state index in [0.29, 0.717) is 0 Å². The van der Waals surface area contributed by atoms with E-state index in [9.17, 15) is 0 Å². The fraction of sp³-hybridized carbons (Fsp3) is 0. The first-order chi connectivity index (χ1) is 1.41. The normalized spacial score (nSPS) is 3.14. The molecular weight excluding hydrogens is 317 g/mol. The van der Waals surface area contributed by atoms with Crippen molar-refractivity contribution in [1.82, 2.24) is 0 Å². The van der Waals surface area contributed by atoms with Gasteiger partial charge in [-0.25, -0.2) is 0 Å². The Hall–Kier alpha value is 1.06. The second-order valence-corrected chi connectivity index (χ2v) is 3.72. The van der Waals surface area contributed by atoms with E-state index in [-0.39, 0.29) is 24.6 Å². The van der Waals surface area contributed by atoms with Gasteiger partial charge in [0, 0.05) is 0 Å². The zero-order valence-corrected chi connectivity index (χ0v) is 7.47. The van der Waals surface area contributed by atoms with Crippen LogP contribution in [0.4, 0.5) is 0 Å². The van der Waals surface area contributed by atoms with E-state index in [1.165, 1.54) is 0 Å². The van der Waals surface area contributed by atoms with Gasteiger partial charge in [-0.15, -0.1) is 0 Å². The van der Waals surface area contributed by atoms with Crippen LogP contribution in [0.1, 0.15) is 0 Å². The smallest absolute Gasteiger partial charge is 0.693 e. The minimum absolute atomic E-state index is 0. The van der Waals surface area contributed by atoms with Crippen LogP contribution in [0.25, 0.3) is 24.6 Å². The molecule has 7 heteroatoms. The molecule has 0 aromatic carbocycles. The molecular formula is H8Cl2N4Os-4. The Morgan fingerprint density at radius 3 is 0.714 bits per heavy atom. The molecule has 0 saturated carbocycles. The summed E-state index contributed by atoms with van der Waals surface area (Å²) < 4.78 is 0. The standard InChI is InChI=1S/2ClH.4H2N.Os/h2*1H;4*1H2;/q;;4*-1;+2/p-2. The van der Waals surface area contributed by atoms with Crippen LogP contribution < -0.4 is 0 Å². The monoisotopic (exact) mass is 326 g/mol. The van der Waals surface area contributed by atoms with Crippen LogP contribution in [0.15, 0.2) is 0 Å². The molecule has 8 N–H and O–H groups in total. The average Bonchev–Trinajstić information content (AvgIpc) is 0.918. The fourth-order valence-corrected chi connectivity index (χ4v) is 0. The van der Waals surface area contributed by atoms with Gasteiger partial charge in [-0.2, -0.15) is 0 Å². The van der Waals surface area contributed by atoms with Gasteiger partial charge in [-0.05, 0) is 0 Å². The van der Waals surface area contributed by atoms with Gasteiger partial charge in [-0.1, -0.05) is 0 Å². The summed E-state index contributed by atoms with van der Waals surface area (Å²) >= 11 is -0.639. The summed E-state index contributed by atoms with van der Waals surface area (Å²) in [4.78, 5) is 0. The van der Waals surface area contributed by atoms with E-state index in [2.05, 4.69) is 0 Å². The van der Waals surface area contributed by atoms with Crippen molar-refractivity contribution < 1.29 is 15.4 Å². The number of halogens is 2. The van der Waals surface area contributed by atoms with E-state index in [0.717, 1.165) is 0 Å². The molecule has 0 aromatic heterocycles. The summed E-state index contributed by atoms with van der Waals surface area (Å²) in [5.41, 5.74) is 0. The van der Waals surface area contributed by atoms with Gasteiger partial charge in [0.15, 0.2) is 0 Å². The Kier molecular flexibility index (Phi) is 375. The summed E-state index contributed by atoms with van der Waals surface area (Å²) in [6.45, 7) is 0. The van der Waals surface area contributed by atoms with Gasteiger partial charge in [0.05, 0.1) is 0 Å². The molecule has 0 atom stereocenters. The van der Waals surface area contributed by atoms with E-state index in [1.807, 2.05) is 0 Å². The van der Waals surface area contributed by atoms with E-state index < -0.39 is 15.4 Å². The van der Waals surface area contributed by atoms with Crippen molar-refractivity contribution in [2.24, 2.45) is 0 Å². The number of rotatable bonds is 0. The van der Waals surface area contributed by atoms with Gasteiger partial charge >= 0.3 is 34.7 Å². The quantitative estimate of drug-likeness (QED) is 0.629. The molecule has 0 spiro atoms. The average molecular weight is 325 g/mol. The second kappa shape index (κ2) is 61.2. The second-order valence-electron chi connectivity index (χ2n) is 0.0505. The van der Waals surface area contributed by atoms with Crippen molar-refractivity contribution in [3.05, 3.63) is 24.6 Å². The van der Waals surface area contributed by atoms with Gasteiger partial charge in [0.25, 0.3) is 0 Å². The molecule has 0 saturated heterocycles. The Balaban J connectivity index is -0.00000000333. The first-order valence-corrected chi connectivity index (χ1v) is 6.56. The maximum absolute atomic E-state index is 4.90. The first kappa shape index (κ1) is 42.9. The van der Waals surface area contributed by atoms with Crippen molar-refractivity contribution in [3.63, 3.8) is 0 Å². The number of nitrogens with two attached hydrogens (primary N) is 4. The molecule has 0 aromatic rings. The molecule has 0 heterocycles. The SMILES string of the molecule is [Cl][Os][Cl].[NH2-].[NH2-].[NH2-].[NH2-]. The van der Waals surface area contributed by atoms with Crippen LogP contribution in [0.2, 0.25) is 0 Å². The Bertz CT molecular complexity index is 9.65. The van der Waals surface area contributed by atoms with Crippen LogP contribution in [0.3, 0.4) is 0 Å². The van der Waals surface area contributed by atoms with E-state index in [1.54, 1.807) is 0 Å². The third-order valence-electron chi connectivity index (χ3n) is 0. The van der Waals surface area contributed by atoms with Crippen molar-refractivity contribution in [2.75, 3.05) is 0 Å². The zero-order chi connectivity index (χ0) is 2.71. The van der Waals surface area contributed by atoms with Gasteiger partial charge < -0.3 is 24.6 Å². The Morgan fingerprint density at radius 2 is 0.714 bits per heavy atom. The van der Waals surface area contributed by atoms with Gasteiger partial charge in [0.2, 0.25) is 0 Å². The van der Waals surface area contributed by atoms with Crippen molar-refractivity contribution in [1.29, 1.82) is 0 Å². The van der Waals surface area contributed by atoms with Gasteiger partial charge in [0.1, 0.15) is 0 Å². The van der Waals surface area contributed by atoms with Crippen LogP contribution in [-0.4, -0.2) is 0 Å². The molecule has 0 rings (SSSR count). The minimum atomic E-state index is -0.639. The predicted molar refractivity (Wildman–Crippen MR) is 32.8 cm³/mol. The summed E-state index contributed by atoms with van der Waals surface area (Å²) in [6.07, 6.45) is 0. The van der Waals surface area contributed by atoms with Crippen LogP contribution >= 0.6 is 19.3 Å². The number of hydrogen-bond acceptors (Lipinski definition) is 0. The summed E-state index contributed by atoms with van der Waals surface area (Å²) in [7, 11) is 9.81. The zero-order valence-electron chi connectivity index (χ0n) is 3.42. The third-order valence-corrected chi connectivity index (χ3v) is 0. The fourth-order valence-electron chi connectivity index (χ4n) is 0. The molecule has 0 amide bonds. The molecule has 0 unspecified atom stereocenters. The van der Waals surface area contributed by atoms with E-state index in [4.69, 9.17) is 19.3 Å². The van der Waals surface area contributed by atoms with E-state index >= 15 is 0 Å². The molecule has 0 aliphatic carbocycles. The maximum atomic E-state index is 4.90. The molecule has 0 aliphatic heterocycles. The Morgan fingerprint density at radius 1 is 0.714 bits per heavy atom.